The minimum Gasteiger partial charge on any atom is -0.345 e. The van der Waals surface area contributed by atoms with Crippen molar-refractivity contribution in [1.29, 1.82) is 0 Å². The lowest BCUT2D eigenvalue weighted by atomic mass is 10.1. The first-order valence-electron chi connectivity index (χ1n) is 6.51. The number of nitrogens with one attached hydrogen (secondary N) is 1. The number of hydrogen-bond acceptors (Lipinski definition) is 1. The summed E-state index contributed by atoms with van der Waals surface area (Å²) >= 11 is 3.56. The topological polar surface area (TPSA) is 17.0 Å². The second kappa shape index (κ2) is 5.45. The van der Waals surface area contributed by atoms with Crippen LogP contribution in [0.1, 0.15) is 39.3 Å². The summed E-state index contributed by atoms with van der Waals surface area (Å²) in [6.07, 6.45) is 2.27. The van der Waals surface area contributed by atoms with Crippen molar-refractivity contribution < 1.29 is 0 Å². The van der Waals surface area contributed by atoms with Gasteiger partial charge in [-0.1, -0.05) is 29.8 Å². The molecule has 0 aliphatic rings. The molecule has 0 atom stereocenters. The van der Waals surface area contributed by atoms with Crippen LogP contribution in [0.4, 0.5) is 0 Å². The van der Waals surface area contributed by atoms with Crippen molar-refractivity contribution in [2.24, 2.45) is 0 Å². The minimum absolute atomic E-state index is 0.487. The molecule has 0 aliphatic carbocycles. The van der Waals surface area contributed by atoms with Crippen LogP contribution >= 0.6 is 15.9 Å². The Morgan fingerprint density at radius 2 is 1.94 bits per heavy atom. The van der Waals surface area contributed by atoms with Gasteiger partial charge in [0.1, 0.15) is 0 Å². The number of rotatable bonds is 4. The van der Waals surface area contributed by atoms with E-state index < -0.39 is 0 Å². The summed E-state index contributed by atoms with van der Waals surface area (Å²) in [4.78, 5) is 0. The fourth-order valence-electron chi connectivity index (χ4n) is 2.18. The second-order valence-electron chi connectivity index (χ2n) is 5.35. The van der Waals surface area contributed by atoms with E-state index in [2.05, 4.69) is 77.9 Å². The van der Waals surface area contributed by atoms with E-state index in [9.17, 15) is 0 Å². The van der Waals surface area contributed by atoms with Gasteiger partial charge >= 0.3 is 0 Å². The lowest BCUT2D eigenvalue weighted by Gasteiger charge is -2.08. The second-order valence-corrected chi connectivity index (χ2v) is 6.27. The molecule has 0 saturated carbocycles. The van der Waals surface area contributed by atoms with Gasteiger partial charge in [-0.15, -0.1) is 0 Å². The molecule has 18 heavy (non-hydrogen) atoms. The van der Waals surface area contributed by atoms with Gasteiger partial charge in [0.15, 0.2) is 0 Å². The molecule has 2 aromatic rings. The first-order chi connectivity index (χ1) is 8.49. The number of nitrogens with zero attached hydrogens (tertiary/aromatic N) is 1. The van der Waals surface area contributed by atoms with Crippen molar-refractivity contribution in [2.75, 3.05) is 0 Å². The van der Waals surface area contributed by atoms with E-state index in [1.165, 1.54) is 16.5 Å². The zero-order valence-electron chi connectivity index (χ0n) is 11.5. The highest BCUT2D eigenvalue weighted by molar-refractivity contribution is 9.10. The first-order valence-corrected chi connectivity index (χ1v) is 7.30. The van der Waals surface area contributed by atoms with Gasteiger partial charge in [-0.2, -0.15) is 0 Å². The third kappa shape index (κ3) is 2.78. The maximum atomic E-state index is 3.56. The van der Waals surface area contributed by atoms with Crippen LogP contribution < -0.4 is 5.32 Å². The quantitative estimate of drug-likeness (QED) is 0.881. The summed E-state index contributed by atoms with van der Waals surface area (Å²) in [5.41, 5.74) is 2.68. The molecule has 98 valence electrons. The van der Waals surface area contributed by atoms with Crippen LogP contribution in [0.25, 0.3) is 10.9 Å². The summed E-state index contributed by atoms with van der Waals surface area (Å²) in [5, 5.41) is 4.84. The van der Waals surface area contributed by atoms with Crippen LogP contribution in [0.15, 0.2) is 28.9 Å². The van der Waals surface area contributed by atoms with Crippen molar-refractivity contribution in [2.45, 2.75) is 46.3 Å². The molecule has 1 N–H and O–H groups in total. The van der Waals surface area contributed by atoms with Gasteiger partial charge in [-0.25, -0.2) is 0 Å². The largest absolute Gasteiger partial charge is 0.345 e. The smallest absolute Gasteiger partial charge is 0.0486 e. The van der Waals surface area contributed by atoms with E-state index >= 15 is 0 Å². The summed E-state index contributed by atoms with van der Waals surface area (Å²) in [6, 6.07) is 7.51. The molecule has 0 amide bonds. The standard InChI is InChI=1S/C15H21BrN2/c1-10(2)17-8-12-9-18(11(3)4)15-6-5-13(16)7-14(12)15/h5-7,9-11,17H,8H2,1-4H3. The van der Waals surface area contributed by atoms with Crippen LogP contribution in [0.3, 0.4) is 0 Å². The lowest BCUT2D eigenvalue weighted by Crippen LogP contribution is -2.21. The minimum atomic E-state index is 0.487. The molecule has 1 heterocycles. The Morgan fingerprint density at radius 3 is 2.56 bits per heavy atom. The Hall–Kier alpha value is -0.800. The van der Waals surface area contributed by atoms with Gasteiger partial charge < -0.3 is 9.88 Å². The molecule has 3 heteroatoms. The van der Waals surface area contributed by atoms with E-state index in [1.54, 1.807) is 0 Å². The van der Waals surface area contributed by atoms with E-state index in [0.29, 0.717) is 12.1 Å². The molecule has 0 radical (unpaired) electrons. The molecule has 2 rings (SSSR count). The first kappa shape index (κ1) is 13.6. The monoisotopic (exact) mass is 308 g/mol. The lowest BCUT2D eigenvalue weighted by molar-refractivity contribution is 0.583. The Balaban J connectivity index is 2.48. The van der Waals surface area contributed by atoms with Crippen LogP contribution in [-0.2, 0) is 6.54 Å². The van der Waals surface area contributed by atoms with Crippen LogP contribution in [0, 0.1) is 0 Å². The van der Waals surface area contributed by atoms with Crippen molar-refractivity contribution in [3.63, 3.8) is 0 Å². The Kier molecular flexibility index (Phi) is 4.13. The molecule has 1 aromatic carbocycles. The maximum Gasteiger partial charge on any atom is 0.0486 e. The average Bonchev–Trinajstić information content (AvgIpc) is 2.64. The Labute approximate surface area is 118 Å². The fraction of sp³-hybridized carbons (Fsp3) is 0.467. The number of hydrogen-bond donors (Lipinski definition) is 1. The molecule has 2 nitrogen and oxygen atoms in total. The van der Waals surface area contributed by atoms with Gasteiger partial charge in [0.05, 0.1) is 0 Å². The summed E-state index contributed by atoms with van der Waals surface area (Å²) in [7, 11) is 0. The van der Waals surface area contributed by atoms with Gasteiger partial charge in [0.25, 0.3) is 0 Å². The molecular formula is C15H21BrN2. The van der Waals surface area contributed by atoms with E-state index in [4.69, 9.17) is 0 Å². The average molecular weight is 309 g/mol. The van der Waals surface area contributed by atoms with Crippen LogP contribution in [0.2, 0.25) is 0 Å². The number of benzene rings is 1. The summed E-state index contributed by atoms with van der Waals surface area (Å²) < 4.78 is 3.49. The Morgan fingerprint density at radius 1 is 1.22 bits per heavy atom. The SMILES string of the molecule is CC(C)NCc1cn(C(C)C)c2ccc(Br)cc12. The van der Waals surface area contributed by atoms with E-state index in [0.717, 1.165) is 11.0 Å². The number of halogens is 1. The third-order valence-electron chi connectivity index (χ3n) is 3.13. The van der Waals surface area contributed by atoms with Crippen molar-refractivity contribution in [1.82, 2.24) is 9.88 Å². The van der Waals surface area contributed by atoms with E-state index in [1.807, 2.05) is 0 Å². The molecule has 0 spiro atoms. The predicted molar refractivity (Wildman–Crippen MR) is 82.0 cm³/mol. The number of fused-ring (bicyclic) bond motifs is 1. The fourth-order valence-corrected chi connectivity index (χ4v) is 2.54. The molecule has 0 fully saturated rings. The van der Waals surface area contributed by atoms with Crippen molar-refractivity contribution >= 4 is 26.8 Å². The predicted octanol–water partition coefficient (Wildman–Crippen LogP) is 4.48. The normalized spacial score (nSPS) is 11.9. The van der Waals surface area contributed by atoms with Gasteiger partial charge in [0.2, 0.25) is 0 Å². The third-order valence-corrected chi connectivity index (χ3v) is 3.63. The highest BCUT2D eigenvalue weighted by atomic mass is 79.9. The zero-order chi connectivity index (χ0) is 13.3. The molecule has 1 aromatic heterocycles. The van der Waals surface area contributed by atoms with Gasteiger partial charge in [-0.3, -0.25) is 0 Å². The highest BCUT2D eigenvalue weighted by Gasteiger charge is 2.11. The van der Waals surface area contributed by atoms with Crippen molar-refractivity contribution in [3.05, 3.63) is 34.4 Å². The number of aromatic nitrogens is 1. The van der Waals surface area contributed by atoms with Crippen molar-refractivity contribution in [3.8, 4) is 0 Å². The van der Waals surface area contributed by atoms with Crippen LogP contribution in [0.5, 0.6) is 0 Å². The van der Waals surface area contributed by atoms with Crippen LogP contribution in [-0.4, -0.2) is 10.6 Å². The zero-order valence-corrected chi connectivity index (χ0v) is 13.1. The van der Waals surface area contributed by atoms with E-state index in [-0.39, 0.29) is 0 Å². The van der Waals surface area contributed by atoms with Gasteiger partial charge in [-0.05, 0) is 37.6 Å². The molecule has 0 bridgehead atoms. The molecular weight excluding hydrogens is 288 g/mol. The maximum absolute atomic E-state index is 3.56. The molecule has 0 unspecified atom stereocenters. The summed E-state index contributed by atoms with van der Waals surface area (Å²) in [6.45, 7) is 9.72. The molecule has 0 aliphatic heterocycles. The highest BCUT2D eigenvalue weighted by Crippen LogP contribution is 2.27. The summed E-state index contributed by atoms with van der Waals surface area (Å²) in [5.74, 6) is 0. The van der Waals surface area contributed by atoms with Gasteiger partial charge in [0, 0.05) is 40.2 Å². The Bertz CT molecular complexity index is 541. The molecule has 0 saturated heterocycles.